The highest BCUT2D eigenvalue weighted by atomic mass is 16.2. The third-order valence-corrected chi connectivity index (χ3v) is 5.19. The summed E-state index contributed by atoms with van der Waals surface area (Å²) < 4.78 is 0. The van der Waals surface area contributed by atoms with E-state index in [2.05, 4.69) is 11.4 Å². The maximum atomic E-state index is 12.6. The Hall–Kier alpha value is -2.62. The fourth-order valence-corrected chi connectivity index (χ4v) is 3.68. The van der Waals surface area contributed by atoms with Crippen molar-refractivity contribution in [1.82, 2.24) is 5.32 Å². The lowest BCUT2D eigenvalue weighted by atomic mass is 9.95. The van der Waals surface area contributed by atoms with Crippen molar-refractivity contribution in [2.24, 2.45) is 5.92 Å². The standard InChI is InChI=1S/C23H28N2O2/c1-4-20(18-8-6-5-7-9-18)22(26)24-15-17-10-11-21-19(14-17)12-13-25(21)23(27)16(2)3/h5-11,14,16,20H,4,12-13,15H2,1-3H3,(H,24,26)/t20-/m0/s1. The van der Waals surface area contributed by atoms with Crippen molar-refractivity contribution in [1.29, 1.82) is 0 Å². The number of nitrogens with one attached hydrogen (secondary N) is 1. The van der Waals surface area contributed by atoms with Crippen molar-refractivity contribution in [3.8, 4) is 0 Å². The summed E-state index contributed by atoms with van der Waals surface area (Å²) in [4.78, 5) is 26.8. The number of hydrogen-bond donors (Lipinski definition) is 1. The molecule has 2 aromatic rings. The third-order valence-electron chi connectivity index (χ3n) is 5.19. The fraction of sp³-hybridized carbons (Fsp3) is 0.391. The van der Waals surface area contributed by atoms with E-state index >= 15 is 0 Å². The molecule has 0 fully saturated rings. The lowest BCUT2D eigenvalue weighted by Gasteiger charge is -2.20. The highest BCUT2D eigenvalue weighted by Gasteiger charge is 2.26. The van der Waals surface area contributed by atoms with Gasteiger partial charge in [-0.2, -0.15) is 0 Å². The van der Waals surface area contributed by atoms with Crippen LogP contribution in [0.5, 0.6) is 0 Å². The summed E-state index contributed by atoms with van der Waals surface area (Å²) in [5.41, 5.74) is 4.32. The molecule has 4 heteroatoms. The molecule has 4 nitrogen and oxygen atoms in total. The minimum absolute atomic E-state index is 0.00104. The van der Waals surface area contributed by atoms with E-state index in [0.717, 1.165) is 36.2 Å². The van der Waals surface area contributed by atoms with Gasteiger partial charge in [0.1, 0.15) is 0 Å². The number of carbonyl (C=O) groups is 2. The normalized spacial score (nSPS) is 14.1. The molecule has 2 aromatic carbocycles. The minimum Gasteiger partial charge on any atom is -0.351 e. The molecule has 0 bridgehead atoms. The number of benzene rings is 2. The number of carbonyl (C=O) groups excluding carboxylic acids is 2. The average molecular weight is 364 g/mol. The largest absolute Gasteiger partial charge is 0.351 e. The Kier molecular flexibility index (Phi) is 5.94. The lowest BCUT2D eigenvalue weighted by Crippen LogP contribution is -2.32. The van der Waals surface area contributed by atoms with Gasteiger partial charge in [0.05, 0.1) is 5.92 Å². The summed E-state index contributed by atoms with van der Waals surface area (Å²) in [6, 6.07) is 16.0. The smallest absolute Gasteiger partial charge is 0.229 e. The molecule has 1 atom stereocenters. The van der Waals surface area contributed by atoms with Crippen LogP contribution in [0.2, 0.25) is 0 Å². The Morgan fingerprint density at radius 1 is 1.11 bits per heavy atom. The molecule has 1 heterocycles. The molecule has 0 unspecified atom stereocenters. The van der Waals surface area contributed by atoms with Crippen LogP contribution in [0.25, 0.3) is 0 Å². The van der Waals surface area contributed by atoms with Crippen molar-refractivity contribution in [2.75, 3.05) is 11.4 Å². The van der Waals surface area contributed by atoms with Gasteiger partial charge >= 0.3 is 0 Å². The van der Waals surface area contributed by atoms with Crippen LogP contribution in [-0.4, -0.2) is 18.4 Å². The van der Waals surface area contributed by atoms with Crippen LogP contribution in [0.1, 0.15) is 49.8 Å². The third kappa shape index (κ3) is 4.21. The van der Waals surface area contributed by atoms with Crippen LogP contribution in [0.4, 0.5) is 5.69 Å². The lowest BCUT2D eigenvalue weighted by molar-refractivity contribution is -0.123. The van der Waals surface area contributed by atoms with Gasteiger partial charge in [0.15, 0.2) is 0 Å². The van der Waals surface area contributed by atoms with E-state index < -0.39 is 0 Å². The van der Waals surface area contributed by atoms with Crippen molar-refractivity contribution in [2.45, 2.75) is 46.1 Å². The maximum Gasteiger partial charge on any atom is 0.229 e. The second-order valence-electron chi connectivity index (χ2n) is 7.45. The van der Waals surface area contributed by atoms with Gasteiger partial charge in [-0.15, -0.1) is 0 Å². The van der Waals surface area contributed by atoms with E-state index in [9.17, 15) is 9.59 Å². The monoisotopic (exact) mass is 364 g/mol. The zero-order valence-electron chi connectivity index (χ0n) is 16.4. The topological polar surface area (TPSA) is 49.4 Å². The van der Waals surface area contributed by atoms with Crippen LogP contribution in [-0.2, 0) is 22.6 Å². The van der Waals surface area contributed by atoms with Gasteiger partial charge in [0, 0.05) is 24.7 Å². The number of anilines is 1. The van der Waals surface area contributed by atoms with Crippen LogP contribution >= 0.6 is 0 Å². The van der Waals surface area contributed by atoms with Crippen LogP contribution in [0.15, 0.2) is 48.5 Å². The molecule has 0 saturated carbocycles. The summed E-state index contributed by atoms with van der Waals surface area (Å²) in [6.45, 7) is 7.15. The van der Waals surface area contributed by atoms with E-state index in [1.165, 1.54) is 5.56 Å². The van der Waals surface area contributed by atoms with Crippen LogP contribution < -0.4 is 10.2 Å². The summed E-state index contributed by atoms with van der Waals surface area (Å²) >= 11 is 0. The van der Waals surface area contributed by atoms with Crippen LogP contribution in [0.3, 0.4) is 0 Å². The molecule has 0 saturated heterocycles. The molecule has 2 amide bonds. The van der Waals surface area contributed by atoms with Gasteiger partial charge in [-0.1, -0.05) is 63.2 Å². The number of rotatable bonds is 6. The Morgan fingerprint density at radius 2 is 1.85 bits per heavy atom. The van der Waals surface area contributed by atoms with Gasteiger partial charge in [0.25, 0.3) is 0 Å². The van der Waals surface area contributed by atoms with E-state index in [1.807, 2.05) is 68.1 Å². The zero-order valence-corrected chi connectivity index (χ0v) is 16.4. The highest BCUT2D eigenvalue weighted by Crippen LogP contribution is 2.30. The Balaban J connectivity index is 1.66. The van der Waals surface area contributed by atoms with Crippen molar-refractivity contribution >= 4 is 17.5 Å². The Morgan fingerprint density at radius 3 is 2.52 bits per heavy atom. The molecule has 0 radical (unpaired) electrons. The van der Waals surface area contributed by atoms with Gasteiger partial charge in [-0.05, 0) is 35.6 Å². The van der Waals surface area contributed by atoms with E-state index in [1.54, 1.807) is 0 Å². The van der Waals surface area contributed by atoms with Crippen molar-refractivity contribution < 1.29 is 9.59 Å². The quantitative estimate of drug-likeness (QED) is 0.841. The number of nitrogens with zero attached hydrogens (tertiary/aromatic N) is 1. The Bertz CT molecular complexity index is 814. The molecule has 1 aliphatic heterocycles. The molecular weight excluding hydrogens is 336 g/mol. The minimum atomic E-state index is -0.125. The summed E-state index contributed by atoms with van der Waals surface area (Å²) in [6.07, 6.45) is 1.64. The van der Waals surface area contributed by atoms with E-state index in [0.29, 0.717) is 6.54 Å². The predicted octanol–water partition coefficient (Wildman–Crippen LogP) is 4.04. The van der Waals surface area contributed by atoms with Gasteiger partial charge in [-0.25, -0.2) is 0 Å². The first-order chi connectivity index (χ1) is 13.0. The van der Waals surface area contributed by atoms with Gasteiger partial charge in [-0.3, -0.25) is 9.59 Å². The maximum absolute atomic E-state index is 12.6. The molecule has 1 N–H and O–H groups in total. The second kappa shape index (κ2) is 8.38. The summed E-state index contributed by atoms with van der Waals surface area (Å²) in [5, 5.41) is 3.07. The molecule has 27 heavy (non-hydrogen) atoms. The first-order valence-corrected chi connectivity index (χ1v) is 9.77. The molecule has 142 valence electrons. The number of fused-ring (bicyclic) bond motifs is 1. The average Bonchev–Trinajstić information content (AvgIpc) is 3.10. The van der Waals surface area contributed by atoms with Gasteiger partial charge < -0.3 is 10.2 Å². The van der Waals surface area contributed by atoms with Crippen LogP contribution in [0, 0.1) is 5.92 Å². The first kappa shape index (κ1) is 19.2. The molecule has 0 aromatic heterocycles. The number of hydrogen-bond acceptors (Lipinski definition) is 2. The zero-order chi connectivity index (χ0) is 19.4. The molecular formula is C23H28N2O2. The summed E-state index contributed by atoms with van der Waals surface area (Å²) in [5.74, 6) is 0.0999. The molecule has 3 rings (SSSR count). The van der Waals surface area contributed by atoms with Gasteiger partial charge in [0.2, 0.25) is 11.8 Å². The Labute approximate surface area is 161 Å². The van der Waals surface area contributed by atoms with E-state index in [4.69, 9.17) is 0 Å². The van der Waals surface area contributed by atoms with Crippen molar-refractivity contribution in [3.05, 3.63) is 65.2 Å². The van der Waals surface area contributed by atoms with Crippen molar-refractivity contribution in [3.63, 3.8) is 0 Å². The summed E-state index contributed by atoms with van der Waals surface area (Å²) in [7, 11) is 0. The highest BCUT2D eigenvalue weighted by molar-refractivity contribution is 5.96. The van der Waals surface area contributed by atoms with E-state index in [-0.39, 0.29) is 23.7 Å². The fourth-order valence-electron chi connectivity index (χ4n) is 3.68. The first-order valence-electron chi connectivity index (χ1n) is 9.77. The predicted molar refractivity (Wildman–Crippen MR) is 109 cm³/mol. The molecule has 1 aliphatic rings. The molecule has 0 aliphatic carbocycles. The second-order valence-corrected chi connectivity index (χ2v) is 7.45. The SMILES string of the molecule is CC[C@H](C(=O)NCc1ccc2c(c1)CCN2C(=O)C(C)C)c1ccccc1. The molecule has 0 spiro atoms. The number of amides is 2.